The molecule has 0 aliphatic carbocycles. The number of benzene rings is 1. The summed E-state index contributed by atoms with van der Waals surface area (Å²) in [6, 6.07) is 9.31. The molecule has 0 aliphatic rings. The number of anilines is 1. The van der Waals surface area contributed by atoms with Gasteiger partial charge in [-0.1, -0.05) is 30.3 Å². The van der Waals surface area contributed by atoms with E-state index in [2.05, 4.69) is 31.5 Å². The van der Waals surface area contributed by atoms with Gasteiger partial charge < -0.3 is 14.9 Å². The van der Waals surface area contributed by atoms with Gasteiger partial charge >= 0.3 is 0 Å². The molecule has 4 rings (SSSR count). The smallest absolute Gasteiger partial charge is 0.296 e. The van der Waals surface area contributed by atoms with Crippen LogP contribution in [0.4, 0.5) is 5.69 Å². The van der Waals surface area contributed by atoms with E-state index in [0.717, 1.165) is 5.69 Å². The number of aromatic nitrogens is 5. The van der Waals surface area contributed by atoms with Gasteiger partial charge in [-0.15, -0.1) is 0 Å². The van der Waals surface area contributed by atoms with E-state index < -0.39 is 34.7 Å². The van der Waals surface area contributed by atoms with Crippen LogP contribution in [0.5, 0.6) is 5.75 Å². The maximum Gasteiger partial charge on any atom is 0.296 e. The molecule has 3 heterocycles. The van der Waals surface area contributed by atoms with Crippen LogP contribution in [-0.4, -0.2) is 35.7 Å². The molecule has 0 bridgehead atoms. The van der Waals surface area contributed by atoms with Crippen LogP contribution < -0.4 is 10.9 Å². The van der Waals surface area contributed by atoms with Crippen molar-refractivity contribution in [3.63, 3.8) is 0 Å². The summed E-state index contributed by atoms with van der Waals surface area (Å²) >= 11 is 0. The number of carbonyl (C=O) groups excluding carboxylic acids is 1. The molecule has 36 heavy (non-hydrogen) atoms. The van der Waals surface area contributed by atoms with E-state index in [0.29, 0.717) is 22.5 Å². The Kier molecular flexibility index (Phi) is 6.60. The lowest BCUT2D eigenvalue weighted by Gasteiger charge is -2.27. The molecule has 0 saturated heterocycles. The average Bonchev–Trinajstić information content (AvgIpc) is 3.37. The highest BCUT2D eigenvalue weighted by atomic mass is 16.5. The molecule has 0 saturated carbocycles. The van der Waals surface area contributed by atoms with Crippen LogP contribution in [0.15, 0.2) is 52.2 Å². The van der Waals surface area contributed by atoms with Crippen molar-refractivity contribution in [1.29, 1.82) is 5.26 Å². The Morgan fingerprint density at radius 2 is 1.97 bits per heavy atom. The van der Waals surface area contributed by atoms with E-state index in [1.807, 2.05) is 32.9 Å². The van der Waals surface area contributed by atoms with Gasteiger partial charge in [0.1, 0.15) is 17.8 Å². The lowest BCUT2D eigenvalue weighted by Crippen LogP contribution is -2.30. The summed E-state index contributed by atoms with van der Waals surface area (Å²) in [6.07, 6.45) is 4.11. The Morgan fingerprint density at radius 1 is 1.22 bits per heavy atom. The van der Waals surface area contributed by atoms with Gasteiger partial charge in [-0.25, -0.2) is 4.98 Å². The van der Waals surface area contributed by atoms with E-state index in [4.69, 9.17) is 4.52 Å². The predicted octanol–water partition coefficient (Wildman–Crippen LogP) is 2.94. The lowest BCUT2D eigenvalue weighted by molar-refractivity contribution is 0.101. The Labute approximate surface area is 206 Å². The molecular weight excluding hydrogens is 462 g/mol. The van der Waals surface area contributed by atoms with Crippen LogP contribution in [0.1, 0.15) is 63.3 Å². The van der Waals surface area contributed by atoms with Crippen molar-refractivity contribution in [2.75, 3.05) is 5.32 Å². The number of aryl methyl sites for hydroxylation is 2. The molecule has 11 nitrogen and oxygen atoms in total. The van der Waals surface area contributed by atoms with Crippen molar-refractivity contribution < 1.29 is 14.4 Å². The molecule has 2 atom stereocenters. The molecule has 2 N–H and O–H groups in total. The third-order valence-electron chi connectivity index (χ3n) is 5.93. The number of aromatic hydroxyl groups is 1. The van der Waals surface area contributed by atoms with Gasteiger partial charge in [-0.3, -0.25) is 24.1 Å². The highest BCUT2D eigenvalue weighted by Gasteiger charge is 2.32. The molecule has 0 fully saturated rings. The van der Waals surface area contributed by atoms with Crippen molar-refractivity contribution >= 4 is 11.6 Å². The number of nitriles is 1. The van der Waals surface area contributed by atoms with Crippen molar-refractivity contribution in [3.8, 4) is 11.8 Å². The minimum absolute atomic E-state index is 0.216. The summed E-state index contributed by atoms with van der Waals surface area (Å²) in [6.45, 7) is 5.47. The van der Waals surface area contributed by atoms with Crippen LogP contribution in [0.3, 0.4) is 0 Å². The molecule has 4 aromatic rings. The number of nitrogens with one attached hydrogen (secondary N) is 1. The molecule has 0 aliphatic heterocycles. The first-order chi connectivity index (χ1) is 17.2. The summed E-state index contributed by atoms with van der Waals surface area (Å²) in [5.41, 5.74) is 2.11. The van der Waals surface area contributed by atoms with E-state index in [1.165, 1.54) is 24.1 Å². The number of carbonyl (C=O) groups is 1. The van der Waals surface area contributed by atoms with Gasteiger partial charge in [-0.05, 0) is 25.5 Å². The first-order valence-electron chi connectivity index (χ1n) is 11.0. The summed E-state index contributed by atoms with van der Waals surface area (Å²) in [5.74, 6) is -2.47. The normalized spacial score (nSPS) is 12.5. The fourth-order valence-corrected chi connectivity index (χ4v) is 4.21. The maximum absolute atomic E-state index is 12.9. The Balaban J connectivity index is 1.90. The third kappa shape index (κ3) is 4.44. The van der Waals surface area contributed by atoms with Gasteiger partial charge in [0.25, 0.3) is 11.5 Å². The number of rotatable bonds is 6. The average molecular weight is 486 g/mol. The third-order valence-corrected chi connectivity index (χ3v) is 5.93. The first-order valence-corrected chi connectivity index (χ1v) is 11.0. The minimum Gasteiger partial charge on any atom is -0.501 e. The zero-order chi connectivity index (χ0) is 26.0. The Morgan fingerprint density at radius 3 is 2.64 bits per heavy atom. The number of hydrogen-bond acceptors (Lipinski definition) is 9. The quantitative estimate of drug-likeness (QED) is 0.418. The van der Waals surface area contributed by atoms with Crippen LogP contribution >= 0.6 is 0 Å². The van der Waals surface area contributed by atoms with E-state index >= 15 is 0 Å². The fourth-order valence-electron chi connectivity index (χ4n) is 4.21. The van der Waals surface area contributed by atoms with Crippen LogP contribution in [0.2, 0.25) is 0 Å². The van der Waals surface area contributed by atoms with Gasteiger partial charge in [-0.2, -0.15) is 5.26 Å². The van der Waals surface area contributed by atoms with Gasteiger partial charge in [0.05, 0.1) is 34.9 Å². The molecule has 0 radical (unpaired) electrons. The van der Waals surface area contributed by atoms with E-state index in [1.54, 1.807) is 18.3 Å². The van der Waals surface area contributed by atoms with Crippen molar-refractivity contribution in [2.24, 2.45) is 7.05 Å². The number of hydrogen-bond donors (Lipinski definition) is 2. The zero-order valence-electron chi connectivity index (χ0n) is 20.1. The van der Waals surface area contributed by atoms with Crippen LogP contribution in [-0.2, 0) is 7.05 Å². The van der Waals surface area contributed by atoms with Crippen molar-refractivity contribution in [2.45, 2.75) is 32.6 Å². The molecule has 0 spiro atoms. The van der Waals surface area contributed by atoms with Crippen molar-refractivity contribution in [1.82, 2.24) is 24.7 Å². The topological polar surface area (TPSA) is 160 Å². The highest BCUT2D eigenvalue weighted by Crippen LogP contribution is 2.39. The largest absolute Gasteiger partial charge is 0.501 e. The maximum atomic E-state index is 12.9. The molecule has 182 valence electrons. The van der Waals surface area contributed by atoms with Crippen LogP contribution in [0, 0.1) is 25.2 Å². The first kappa shape index (κ1) is 24.3. The highest BCUT2D eigenvalue weighted by molar-refractivity contribution is 6.04. The standard InChI is InChI=1S/C25H23N7O4/c1-13-10-27-20(15(3)29-13)19(18-8-6-5-7-16(18)9-26)14(2)23-31-21(22(33)25(35)32(23)4)24(34)30-17-11-28-36-12-17/h5-8,10-12,14,19,33H,1-4H3,(H,30,34)/t14-,19-/m0/s1. The second-order valence-electron chi connectivity index (χ2n) is 8.35. The summed E-state index contributed by atoms with van der Waals surface area (Å²) in [5, 5.41) is 26.2. The molecule has 0 unspecified atom stereocenters. The predicted molar refractivity (Wildman–Crippen MR) is 129 cm³/mol. The van der Waals surface area contributed by atoms with Crippen LogP contribution in [0.25, 0.3) is 0 Å². The molecular formula is C25H23N7O4. The number of amides is 1. The minimum atomic E-state index is -0.804. The zero-order valence-corrected chi connectivity index (χ0v) is 20.1. The molecule has 1 aromatic carbocycles. The summed E-state index contributed by atoms with van der Waals surface area (Å²) in [4.78, 5) is 39.4. The van der Waals surface area contributed by atoms with Gasteiger partial charge in [0.15, 0.2) is 5.69 Å². The van der Waals surface area contributed by atoms with Crippen molar-refractivity contribution in [3.05, 3.63) is 93.0 Å². The Bertz CT molecular complexity index is 1540. The molecule has 3 aromatic heterocycles. The molecule has 11 heteroatoms. The number of nitrogens with zero attached hydrogens (tertiary/aromatic N) is 6. The second kappa shape index (κ2) is 9.79. The second-order valence-corrected chi connectivity index (χ2v) is 8.35. The SMILES string of the molecule is Cc1cnc([C@H](c2ccccc2C#N)[C@H](C)c2nc(C(=O)Nc3cnoc3)c(O)c(=O)n2C)c(C)n1. The summed E-state index contributed by atoms with van der Waals surface area (Å²) < 4.78 is 5.89. The monoisotopic (exact) mass is 485 g/mol. The van der Waals surface area contributed by atoms with Gasteiger partial charge in [0.2, 0.25) is 5.75 Å². The summed E-state index contributed by atoms with van der Waals surface area (Å²) in [7, 11) is 1.46. The Hall–Kier alpha value is -4.85. The van der Waals surface area contributed by atoms with E-state index in [9.17, 15) is 20.0 Å². The fraction of sp³-hybridized carbons (Fsp3) is 0.240. The van der Waals surface area contributed by atoms with Gasteiger partial charge in [0, 0.05) is 25.1 Å². The van der Waals surface area contributed by atoms with E-state index in [-0.39, 0.29) is 11.5 Å². The lowest BCUT2D eigenvalue weighted by atomic mass is 9.81. The molecule has 1 amide bonds.